The molecule has 0 aromatic carbocycles. The molecule has 1 aliphatic carbocycles. The SMILES string of the molecule is Cc1cc(C)n(C2([O-])C=CC([O-])(n3nc(C)cc3C)C=C2)n1. The first-order valence-corrected chi connectivity index (χ1v) is 7.13. The second kappa shape index (κ2) is 4.66. The molecule has 1 aliphatic rings. The first kappa shape index (κ1) is 14.7. The van der Waals surface area contributed by atoms with Crippen LogP contribution in [0.3, 0.4) is 0 Å². The van der Waals surface area contributed by atoms with Crippen molar-refractivity contribution in [2.45, 2.75) is 39.1 Å². The minimum absolute atomic E-state index is 0.756. The number of hydrogen-bond acceptors (Lipinski definition) is 4. The van der Waals surface area contributed by atoms with Gasteiger partial charge in [-0.1, -0.05) is 24.3 Å². The molecule has 22 heavy (non-hydrogen) atoms. The van der Waals surface area contributed by atoms with Crippen LogP contribution in [-0.2, 0) is 11.4 Å². The lowest BCUT2D eigenvalue weighted by molar-refractivity contribution is -0.495. The highest BCUT2D eigenvalue weighted by Gasteiger charge is 2.25. The lowest BCUT2D eigenvalue weighted by atomic mass is 10.0. The quantitative estimate of drug-likeness (QED) is 0.740. The van der Waals surface area contributed by atoms with Crippen LogP contribution in [0.2, 0.25) is 0 Å². The van der Waals surface area contributed by atoms with Gasteiger partial charge in [-0.2, -0.15) is 10.2 Å². The van der Waals surface area contributed by atoms with Gasteiger partial charge in [-0.3, -0.25) is 9.36 Å². The van der Waals surface area contributed by atoms with E-state index in [1.807, 2.05) is 39.8 Å². The molecule has 2 heterocycles. The van der Waals surface area contributed by atoms with E-state index in [4.69, 9.17) is 0 Å². The van der Waals surface area contributed by atoms with Crippen LogP contribution in [0.15, 0.2) is 36.4 Å². The predicted octanol–water partition coefficient (Wildman–Crippen LogP) is 0.166. The fourth-order valence-electron chi connectivity index (χ4n) is 2.84. The highest BCUT2D eigenvalue weighted by Crippen LogP contribution is 2.27. The van der Waals surface area contributed by atoms with Crippen molar-refractivity contribution >= 4 is 0 Å². The monoisotopic (exact) mass is 298 g/mol. The summed E-state index contributed by atoms with van der Waals surface area (Å²) in [6.45, 7) is 7.30. The zero-order valence-electron chi connectivity index (χ0n) is 13.1. The van der Waals surface area contributed by atoms with E-state index >= 15 is 0 Å². The van der Waals surface area contributed by atoms with Crippen LogP contribution < -0.4 is 10.2 Å². The van der Waals surface area contributed by atoms with Gasteiger partial charge in [-0.05, 0) is 39.8 Å². The molecule has 0 atom stereocenters. The molecule has 3 rings (SSSR count). The summed E-state index contributed by atoms with van der Waals surface area (Å²) in [7, 11) is 0. The summed E-state index contributed by atoms with van der Waals surface area (Å²) < 4.78 is 2.77. The molecule has 0 spiro atoms. The Morgan fingerprint density at radius 1 is 0.727 bits per heavy atom. The molecule has 6 nitrogen and oxygen atoms in total. The molecular weight excluding hydrogens is 280 g/mol. The Labute approximate surface area is 129 Å². The van der Waals surface area contributed by atoms with Gasteiger partial charge in [0.25, 0.3) is 0 Å². The van der Waals surface area contributed by atoms with Crippen LogP contribution in [0.1, 0.15) is 22.8 Å². The summed E-state index contributed by atoms with van der Waals surface area (Å²) in [5, 5.41) is 34.3. The van der Waals surface area contributed by atoms with Crippen molar-refractivity contribution < 1.29 is 10.2 Å². The minimum atomic E-state index is -1.68. The Morgan fingerprint density at radius 2 is 1.05 bits per heavy atom. The molecule has 0 radical (unpaired) electrons. The van der Waals surface area contributed by atoms with Crippen LogP contribution in [0.4, 0.5) is 0 Å². The van der Waals surface area contributed by atoms with E-state index in [-0.39, 0.29) is 0 Å². The van der Waals surface area contributed by atoms with E-state index < -0.39 is 11.4 Å². The summed E-state index contributed by atoms with van der Waals surface area (Å²) in [5.74, 6) is 0. The number of rotatable bonds is 2. The van der Waals surface area contributed by atoms with Crippen LogP contribution >= 0.6 is 0 Å². The van der Waals surface area contributed by atoms with Gasteiger partial charge in [0.1, 0.15) is 0 Å². The van der Waals surface area contributed by atoms with E-state index in [1.165, 1.54) is 33.7 Å². The van der Waals surface area contributed by atoms with Gasteiger partial charge in [0.15, 0.2) is 0 Å². The fraction of sp³-hybridized carbons (Fsp3) is 0.375. The minimum Gasteiger partial charge on any atom is -0.826 e. The van der Waals surface area contributed by atoms with Crippen molar-refractivity contribution in [1.29, 1.82) is 0 Å². The Bertz CT molecular complexity index is 704. The molecule has 6 heteroatoms. The van der Waals surface area contributed by atoms with Gasteiger partial charge < -0.3 is 10.2 Å². The second-order valence-corrected chi connectivity index (χ2v) is 5.85. The lowest BCUT2D eigenvalue weighted by Gasteiger charge is -2.45. The smallest absolute Gasteiger partial charge is 0.0596 e. The zero-order chi connectivity index (χ0) is 16.1. The Hall–Kier alpha value is -2.18. The molecule has 0 amide bonds. The first-order valence-electron chi connectivity index (χ1n) is 7.13. The predicted molar refractivity (Wildman–Crippen MR) is 77.6 cm³/mol. The summed E-state index contributed by atoms with van der Waals surface area (Å²) >= 11 is 0. The third kappa shape index (κ3) is 2.20. The van der Waals surface area contributed by atoms with E-state index in [0.29, 0.717) is 0 Å². The standard InChI is InChI=1S/C16H18N4O2/c1-11-9-13(3)19(17-11)15(21)5-7-16(22,8-6-15)20-14(4)10-12(2)18-20/h5-10H,1-4H3/q-2. The average Bonchev–Trinajstić information content (AvgIpc) is 2.96. The summed E-state index contributed by atoms with van der Waals surface area (Å²) in [4.78, 5) is 0. The Morgan fingerprint density at radius 3 is 1.27 bits per heavy atom. The van der Waals surface area contributed by atoms with Crippen molar-refractivity contribution in [3.05, 3.63) is 59.2 Å². The van der Waals surface area contributed by atoms with Gasteiger partial charge >= 0.3 is 0 Å². The summed E-state index contributed by atoms with van der Waals surface area (Å²) in [5.41, 5.74) is -0.304. The third-order valence-electron chi connectivity index (χ3n) is 3.80. The molecule has 0 N–H and O–H groups in total. The van der Waals surface area contributed by atoms with Gasteiger partial charge in [0.05, 0.1) is 11.4 Å². The first-order chi connectivity index (χ1) is 10.2. The maximum absolute atomic E-state index is 12.9. The topological polar surface area (TPSA) is 81.8 Å². The third-order valence-corrected chi connectivity index (χ3v) is 3.80. The number of aryl methyl sites for hydroxylation is 4. The maximum atomic E-state index is 12.9. The lowest BCUT2D eigenvalue weighted by Crippen LogP contribution is -2.52. The highest BCUT2D eigenvalue weighted by atomic mass is 16.3. The van der Waals surface area contributed by atoms with Crippen molar-refractivity contribution in [3.63, 3.8) is 0 Å². The van der Waals surface area contributed by atoms with Crippen LogP contribution in [-0.4, -0.2) is 19.6 Å². The normalized spacial score (nSPS) is 27.5. The molecular formula is C16H18N4O2-2. The second-order valence-electron chi connectivity index (χ2n) is 5.85. The average molecular weight is 298 g/mol. The number of nitrogens with zero attached hydrogens (tertiary/aromatic N) is 4. The summed E-state index contributed by atoms with van der Waals surface area (Å²) in [6.07, 6.45) is 5.43. The van der Waals surface area contributed by atoms with Gasteiger partial charge in [-0.15, -0.1) is 0 Å². The Kier molecular flexibility index (Phi) is 3.12. The highest BCUT2D eigenvalue weighted by molar-refractivity contribution is 5.26. The van der Waals surface area contributed by atoms with Crippen molar-refractivity contribution in [1.82, 2.24) is 19.6 Å². The van der Waals surface area contributed by atoms with Crippen LogP contribution in [0, 0.1) is 27.7 Å². The van der Waals surface area contributed by atoms with Crippen LogP contribution in [0.5, 0.6) is 0 Å². The van der Waals surface area contributed by atoms with Crippen molar-refractivity contribution in [3.8, 4) is 0 Å². The molecule has 0 unspecified atom stereocenters. The van der Waals surface area contributed by atoms with Crippen molar-refractivity contribution in [2.75, 3.05) is 0 Å². The largest absolute Gasteiger partial charge is 0.826 e. The van der Waals surface area contributed by atoms with E-state index in [9.17, 15) is 10.2 Å². The van der Waals surface area contributed by atoms with Gasteiger partial charge in [0, 0.05) is 22.8 Å². The Balaban J connectivity index is 2.00. The zero-order valence-corrected chi connectivity index (χ0v) is 13.1. The van der Waals surface area contributed by atoms with E-state index in [0.717, 1.165) is 22.8 Å². The van der Waals surface area contributed by atoms with E-state index in [1.54, 1.807) is 0 Å². The number of hydrogen-bond donors (Lipinski definition) is 0. The molecule has 0 saturated heterocycles. The van der Waals surface area contributed by atoms with Gasteiger partial charge in [0.2, 0.25) is 0 Å². The molecule has 0 bridgehead atoms. The fourth-order valence-corrected chi connectivity index (χ4v) is 2.84. The number of aromatic nitrogens is 4. The molecule has 0 saturated carbocycles. The molecule has 116 valence electrons. The van der Waals surface area contributed by atoms with Crippen molar-refractivity contribution in [2.24, 2.45) is 0 Å². The summed E-state index contributed by atoms with van der Waals surface area (Å²) in [6, 6.07) is 3.67. The molecule has 2 aromatic heterocycles. The molecule has 2 aromatic rings. The van der Waals surface area contributed by atoms with Crippen LogP contribution in [0.25, 0.3) is 0 Å². The molecule has 0 fully saturated rings. The molecule has 0 aliphatic heterocycles. The van der Waals surface area contributed by atoms with E-state index in [2.05, 4.69) is 10.2 Å². The van der Waals surface area contributed by atoms with Gasteiger partial charge in [-0.25, -0.2) is 0 Å². The maximum Gasteiger partial charge on any atom is 0.0596 e.